The number of urea groups is 1. The average molecular weight is 381 g/mol. The first kappa shape index (κ1) is 17.5. The highest BCUT2D eigenvalue weighted by Crippen LogP contribution is 2.34. The van der Waals surface area contributed by atoms with Crippen molar-refractivity contribution in [1.29, 1.82) is 0 Å². The molecular weight excluding hydrogens is 362 g/mol. The van der Waals surface area contributed by atoms with Crippen LogP contribution in [0.2, 0.25) is 0 Å². The van der Waals surface area contributed by atoms with Crippen LogP contribution >= 0.6 is 11.3 Å². The smallest absolute Gasteiger partial charge is 0.325 e. The van der Waals surface area contributed by atoms with Crippen LogP contribution < -0.4 is 5.32 Å². The maximum absolute atomic E-state index is 13.3. The van der Waals surface area contributed by atoms with E-state index in [4.69, 9.17) is 4.42 Å². The summed E-state index contributed by atoms with van der Waals surface area (Å²) >= 11 is 1.52. The lowest BCUT2D eigenvalue weighted by atomic mass is 9.85. The zero-order valence-electron chi connectivity index (χ0n) is 14.8. The first-order chi connectivity index (χ1) is 13.1. The predicted molar refractivity (Wildman–Crippen MR) is 102 cm³/mol. The Morgan fingerprint density at radius 1 is 1.19 bits per heavy atom. The monoisotopic (exact) mass is 381 g/mol. The second kappa shape index (κ2) is 7.00. The van der Waals surface area contributed by atoms with Crippen LogP contribution in [0, 0.1) is 0 Å². The maximum Gasteiger partial charge on any atom is 0.325 e. The van der Waals surface area contributed by atoms with Gasteiger partial charge in [0.05, 0.1) is 17.1 Å². The molecule has 3 amide bonds. The number of aromatic nitrogens is 1. The van der Waals surface area contributed by atoms with Gasteiger partial charge in [-0.3, -0.25) is 9.69 Å². The minimum absolute atomic E-state index is 0.0812. The molecule has 1 aromatic carbocycles. The third-order valence-electron chi connectivity index (χ3n) is 4.67. The minimum Gasteiger partial charge on any atom is -0.443 e. The second-order valence-electron chi connectivity index (χ2n) is 6.46. The number of thiophene rings is 1. The Balaban J connectivity index is 1.61. The number of amides is 3. The van der Waals surface area contributed by atoms with E-state index >= 15 is 0 Å². The van der Waals surface area contributed by atoms with Crippen LogP contribution in [0.4, 0.5) is 4.79 Å². The number of oxazole rings is 1. The highest BCUT2D eigenvalue weighted by molar-refractivity contribution is 7.13. The van der Waals surface area contributed by atoms with Gasteiger partial charge in [-0.15, -0.1) is 11.3 Å². The van der Waals surface area contributed by atoms with Gasteiger partial charge in [-0.1, -0.05) is 49.7 Å². The van der Waals surface area contributed by atoms with Crippen LogP contribution in [-0.4, -0.2) is 21.8 Å². The van der Waals surface area contributed by atoms with E-state index in [0.717, 1.165) is 16.9 Å². The van der Waals surface area contributed by atoms with Crippen LogP contribution in [0.1, 0.15) is 31.0 Å². The molecule has 1 atom stereocenters. The van der Waals surface area contributed by atoms with Gasteiger partial charge >= 0.3 is 6.03 Å². The van der Waals surface area contributed by atoms with Crippen LogP contribution in [-0.2, 0) is 16.9 Å². The van der Waals surface area contributed by atoms with Gasteiger partial charge in [-0.25, -0.2) is 9.78 Å². The van der Waals surface area contributed by atoms with Crippen molar-refractivity contribution in [2.45, 2.75) is 31.8 Å². The summed E-state index contributed by atoms with van der Waals surface area (Å²) in [6, 6.07) is 12.8. The lowest BCUT2D eigenvalue weighted by Crippen LogP contribution is -2.43. The molecule has 1 unspecified atom stereocenters. The van der Waals surface area contributed by atoms with Crippen molar-refractivity contribution >= 4 is 23.3 Å². The quantitative estimate of drug-likeness (QED) is 0.651. The first-order valence-electron chi connectivity index (χ1n) is 8.82. The Labute approximate surface area is 160 Å². The summed E-state index contributed by atoms with van der Waals surface area (Å²) < 4.78 is 5.50. The first-order valence-corrected chi connectivity index (χ1v) is 9.70. The maximum atomic E-state index is 13.3. The minimum atomic E-state index is -1.02. The van der Waals surface area contributed by atoms with Gasteiger partial charge in [0.25, 0.3) is 5.91 Å². The van der Waals surface area contributed by atoms with Crippen LogP contribution in [0.15, 0.2) is 58.5 Å². The van der Waals surface area contributed by atoms with E-state index in [0.29, 0.717) is 18.0 Å². The number of hydrogen-bond donors (Lipinski definition) is 1. The number of carbonyl (C=O) groups is 2. The highest BCUT2D eigenvalue weighted by atomic mass is 32.1. The molecule has 0 spiro atoms. The van der Waals surface area contributed by atoms with Gasteiger partial charge < -0.3 is 9.73 Å². The van der Waals surface area contributed by atoms with Crippen LogP contribution in [0.5, 0.6) is 0 Å². The molecule has 0 aliphatic carbocycles. The van der Waals surface area contributed by atoms with Gasteiger partial charge in [-0.05, 0) is 23.4 Å². The lowest BCUT2D eigenvalue weighted by Gasteiger charge is -2.26. The average Bonchev–Trinajstić information content (AvgIpc) is 3.41. The number of hydrogen-bond acceptors (Lipinski definition) is 5. The van der Waals surface area contributed by atoms with E-state index in [1.807, 2.05) is 54.8 Å². The summed E-state index contributed by atoms with van der Waals surface area (Å²) in [5.74, 6) is 0.246. The molecule has 1 N–H and O–H groups in total. The van der Waals surface area contributed by atoms with Crippen LogP contribution in [0.25, 0.3) is 10.8 Å². The van der Waals surface area contributed by atoms with Crippen molar-refractivity contribution in [2.75, 3.05) is 0 Å². The Kier molecular flexibility index (Phi) is 4.53. The number of nitrogens with zero attached hydrogens (tertiary/aromatic N) is 2. The fraction of sp³-hybridized carbons (Fsp3) is 0.250. The summed E-state index contributed by atoms with van der Waals surface area (Å²) in [5.41, 5.74) is 0.322. The van der Waals surface area contributed by atoms with E-state index in [1.54, 1.807) is 0 Å². The van der Waals surface area contributed by atoms with E-state index in [2.05, 4.69) is 10.3 Å². The molecule has 3 heterocycles. The number of carbonyl (C=O) groups excluding carboxylic acids is 2. The van der Waals surface area contributed by atoms with Gasteiger partial charge in [0, 0.05) is 0 Å². The molecular formula is C20H19N3O3S. The van der Waals surface area contributed by atoms with Crippen molar-refractivity contribution in [2.24, 2.45) is 0 Å². The fourth-order valence-corrected chi connectivity index (χ4v) is 4.09. The lowest BCUT2D eigenvalue weighted by molar-refractivity contribution is -0.132. The predicted octanol–water partition coefficient (Wildman–Crippen LogP) is 4.15. The van der Waals surface area contributed by atoms with E-state index in [1.165, 1.54) is 22.5 Å². The van der Waals surface area contributed by atoms with Gasteiger partial charge in [-0.2, -0.15) is 0 Å². The van der Waals surface area contributed by atoms with E-state index < -0.39 is 11.6 Å². The topological polar surface area (TPSA) is 75.4 Å². The van der Waals surface area contributed by atoms with E-state index in [-0.39, 0.29) is 12.5 Å². The number of imide groups is 1. The number of rotatable bonds is 6. The molecule has 1 fully saturated rings. The Morgan fingerprint density at radius 3 is 2.70 bits per heavy atom. The third kappa shape index (κ3) is 3.04. The van der Waals surface area contributed by atoms with Gasteiger partial charge in [0.1, 0.15) is 11.8 Å². The number of benzene rings is 1. The normalized spacial score (nSPS) is 19.5. The summed E-state index contributed by atoms with van der Waals surface area (Å²) in [7, 11) is 0. The standard InChI is InChI=1S/C20H19N3O3S/c1-2-10-20(14-7-4-3-5-8-14)18(24)23(19(25)22-20)12-15-13-26-17(21-15)16-9-6-11-27-16/h3-9,11,13H,2,10,12H2,1H3,(H,22,25). The zero-order chi connectivity index (χ0) is 18.9. The van der Waals surface area contributed by atoms with Crippen molar-refractivity contribution in [3.05, 3.63) is 65.4 Å². The molecule has 7 heteroatoms. The molecule has 1 saturated heterocycles. The van der Waals surface area contributed by atoms with Crippen molar-refractivity contribution in [3.8, 4) is 10.8 Å². The molecule has 138 valence electrons. The van der Waals surface area contributed by atoms with Crippen molar-refractivity contribution in [1.82, 2.24) is 15.2 Å². The SMILES string of the molecule is CCCC1(c2ccccc2)NC(=O)N(Cc2coc(-c3cccs3)n2)C1=O. The summed E-state index contributed by atoms with van der Waals surface area (Å²) in [6.45, 7) is 2.08. The second-order valence-corrected chi connectivity index (χ2v) is 7.41. The fourth-order valence-electron chi connectivity index (χ4n) is 3.43. The largest absolute Gasteiger partial charge is 0.443 e. The molecule has 0 saturated carbocycles. The summed E-state index contributed by atoms with van der Waals surface area (Å²) in [6.07, 6.45) is 2.80. The van der Waals surface area contributed by atoms with Gasteiger partial charge in [0.15, 0.2) is 0 Å². The molecule has 1 aliphatic heterocycles. The highest BCUT2D eigenvalue weighted by Gasteiger charge is 2.51. The van der Waals surface area contributed by atoms with Gasteiger partial charge in [0.2, 0.25) is 5.89 Å². The Bertz CT molecular complexity index is 952. The summed E-state index contributed by atoms with van der Waals surface area (Å²) in [5, 5.41) is 4.86. The zero-order valence-corrected chi connectivity index (χ0v) is 15.7. The number of nitrogens with one attached hydrogen (secondary N) is 1. The van der Waals surface area contributed by atoms with Crippen molar-refractivity contribution < 1.29 is 14.0 Å². The summed E-state index contributed by atoms with van der Waals surface area (Å²) in [4.78, 5) is 32.4. The molecule has 1 aliphatic rings. The Hall–Kier alpha value is -2.93. The molecule has 0 radical (unpaired) electrons. The molecule has 0 bridgehead atoms. The van der Waals surface area contributed by atoms with Crippen molar-refractivity contribution in [3.63, 3.8) is 0 Å². The van der Waals surface area contributed by atoms with Crippen LogP contribution in [0.3, 0.4) is 0 Å². The molecule has 4 rings (SSSR count). The Morgan fingerprint density at radius 2 is 2.00 bits per heavy atom. The third-order valence-corrected chi connectivity index (χ3v) is 5.53. The molecule has 2 aromatic heterocycles. The van der Waals surface area contributed by atoms with E-state index in [9.17, 15) is 9.59 Å². The molecule has 27 heavy (non-hydrogen) atoms. The molecule has 3 aromatic rings. The molecule has 6 nitrogen and oxygen atoms in total.